The molecule has 4 heteroatoms. The molecule has 1 atom stereocenters. The maximum absolute atomic E-state index is 5.41. The SMILES string of the molecule is CCCC1CCCN(c2ccnc(NN)c2)CC1. The average Bonchev–Trinajstić information content (AvgIpc) is 2.65. The van der Waals surface area contributed by atoms with Crippen LogP contribution >= 0.6 is 0 Å². The number of nitrogen functional groups attached to an aromatic ring is 1. The summed E-state index contributed by atoms with van der Waals surface area (Å²) >= 11 is 0. The molecule has 1 unspecified atom stereocenters. The number of nitrogens with one attached hydrogen (secondary N) is 1. The van der Waals surface area contributed by atoms with Crippen LogP contribution in [0.4, 0.5) is 11.5 Å². The molecule has 0 bridgehead atoms. The van der Waals surface area contributed by atoms with Gasteiger partial charge in [-0.15, -0.1) is 0 Å². The molecule has 1 aliphatic heterocycles. The van der Waals surface area contributed by atoms with Gasteiger partial charge in [0, 0.05) is 31.0 Å². The topological polar surface area (TPSA) is 54.2 Å². The highest BCUT2D eigenvalue weighted by molar-refractivity contribution is 5.53. The van der Waals surface area contributed by atoms with E-state index in [1.54, 1.807) is 0 Å². The third-order valence-electron chi connectivity index (χ3n) is 3.80. The van der Waals surface area contributed by atoms with Gasteiger partial charge in [-0.3, -0.25) is 0 Å². The lowest BCUT2D eigenvalue weighted by Crippen LogP contribution is -2.24. The van der Waals surface area contributed by atoms with Crippen molar-refractivity contribution in [1.82, 2.24) is 4.98 Å². The van der Waals surface area contributed by atoms with E-state index in [2.05, 4.69) is 28.3 Å². The Balaban J connectivity index is 2.00. The number of rotatable bonds is 4. The van der Waals surface area contributed by atoms with Gasteiger partial charge in [-0.25, -0.2) is 10.8 Å². The van der Waals surface area contributed by atoms with E-state index in [0.29, 0.717) is 0 Å². The van der Waals surface area contributed by atoms with E-state index in [-0.39, 0.29) is 0 Å². The van der Waals surface area contributed by atoms with Gasteiger partial charge >= 0.3 is 0 Å². The predicted octanol–water partition coefficient (Wildman–Crippen LogP) is 2.77. The van der Waals surface area contributed by atoms with Gasteiger partial charge in [0.15, 0.2) is 0 Å². The Hall–Kier alpha value is -1.29. The molecule has 0 aromatic carbocycles. The average molecular weight is 248 g/mol. The van der Waals surface area contributed by atoms with E-state index < -0.39 is 0 Å². The van der Waals surface area contributed by atoms with Gasteiger partial charge in [-0.1, -0.05) is 19.8 Å². The Morgan fingerprint density at radius 1 is 1.44 bits per heavy atom. The van der Waals surface area contributed by atoms with Crippen molar-refractivity contribution in [3.05, 3.63) is 18.3 Å². The van der Waals surface area contributed by atoms with E-state index in [1.807, 2.05) is 12.3 Å². The molecule has 1 fully saturated rings. The predicted molar refractivity (Wildman–Crippen MR) is 76.5 cm³/mol. The number of nitrogens with zero attached hydrogens (tertiary/aromatic N) is 2. The second-order valence-corrected chi connectivity index (χ2v) is 5.12. The molecular formula is C14H24N4. The number of aromatic nitrogens is 1. The number of anilines is 2. The second-order valence-electron chi connectivity index (χ2n) is 5.12. The molecule has 1 aromatic heterocycles. The quantitative estimate of drug-likeness (QED) is 0.635. The van der Waals surface area contributed by atoms with Crippen LogP contribution in [0.15, 0.2) is 18.3 Å². The van der Waals surface area contributed by atoms with Gasteiger partial charge in [-0.05, 0) is 31.2 Å². The first kappa shape index (κ1) is 13.1. The summed E-state index contributed by atoms with van der Waals surface area (Å²) in [5.41, 5.74) is 3.84. The van der Waals surface area contributed by atoms with Crippen LogP contribution in [0.25, 0.3) is 0 Å². The van der Waals surface area contributed by atoms with Crippen LogP contribution in [0.1, 0.15) is 39.0 Å². The summed E-state index contributed by atoms with van der Waals surface area (Å²) in [7, 11) is 0. The molecule has 0 aliphatic carbocycles. The summed E-state index contributed by atoms with van der Waals surface area (Å²) in [5, 5.41) is 0. The van der Waals surface area contributed by atoms with Crippen molar-refractivity contribution < 1.29 is 0 Å². The fraction of sp³-hybridized carbons (Fsp3) is 0.643. The monoisotopic (exact) mass is 248 g/mol. The van der Waals surface area contributed by atoms with Crippen LogP contribution in [-0.4, -0.2) is 18.1 Å². The van der Waals surface area contributed by atoms with Crippen LogP contribution in [0.2, 0.25) is 0 Å². The summed E-state index contributed by atoms with van der Waals surface area (Å²) in [4.78, 5) is 6.61. The highest BCUT2D eigenvalue weighted by Gasteiger charge is 2.16. The largest absolute Gasteiger partial charge is 0.371 e. The van der Waals surface area contributed by atoms with E-state index in [9.17, 15) is 0 Å². The van der Waals surface area contributed by atoms with Crippen LogP contribution in [0.3, 0.4) is 0 Å². The van der Waals surface area contributed by atoms with Crippen molar-refractivity contribution >= 4 is 11.5 Å². The molecule has 18 heavy (non-hydrogen) atoms. The van der Waals surface area contributed by atoms with Crippen LogP contribution in [0, 0.1) is 5.92 Å². The zero-order valence-electron chi connectivity index (χ0n) is 11.2. The maximum atomic E-state index is 5.41. The van der Waals surface area contributed by atoms with Crippen molar-refractivity contribution in [3.63, 3.8) is 0 Å². The minimum absolute atomic E-state index is 0.738. The summed E-state index contributed by atoms with van der Waals surface area (Å²) < 4.78 is 0. The van der Waals surface area contributed by atoms with Gasteiger partial charge < -0.3 is 10.3 Å². The molecule has 1 aromatic rings. The summed E-state index contributed by atoms with van der Waals surface area (Å²) in [6.45, 7) is 4.58. The molecule has 100 valence electrons. The zero-order valence-corrected chi connectivity index (χ0v) is 11.2. The lowest BCUT2D eigenvalue weighted by molar-refractivity contribution is 0.435. The maximum Gasteiger partial charge on any atom is 0.141 e. The Morgan fingerprint density at radius 3 is 3.11 bits per heavy atom. The minimum atomic E-state index is 0.738. The van der Waals surface area contributed by atoms with Gasteiger partial charge in [0.25, 0.3) is 0 Å². The van der Waals surface area contributed by atoms with Gasteiger partial charge in [0.2, 0.25) is 0 Å². The second kappa shape index (κ2) is 6.59. The third-order valence-corrected chi connectivity index (χ3v) is 3.80. The summed E-state index contributed by atoms with van der Waals surface area (Å²) in [6, 6.07) is 4.10. The van der Waals surface area contributed by atoms with Crippen molar-refractivity contribution in [2.24, 2.45) is 11.8 Å². The number of hydrogen-bond acceptors (Lipinski definition) is 4. The van der Waals surface area contributed by atoms with Crippen molar-refractivity contribution in [2.45, 2.75) is 39.0 Å². The molecule has 2 rings (SSSR count). The molecule has 0 spiro atoms. The molecule has 0 saturated carbocycles. The third kappa shape index (κ3) is 3.35. The lowest BCUT2D eigenvalue weighted by Gasteiger charge is -2.23. The Kier molecular flexibility index (Phi) is 4.81. The van der Waals surface area contributed by atoms with Crippen LogP contribution in [-0.2, 0) is 0 Å². The Bertz CT molecular complexity index is 367. The highest BCUT2D eigenvalue weighted by atomic mass is 15.2. The Labute approximate surface area is 110 Å². The van der Waals surface area contributed by atoms with E-state index >= 15 is 0 Å². The molecule has 0 radical (unpaired) electrons. The van der Waals surface area contributed by atoms with Gasteiger partial charge in [0.05, 0.1) is 0 Å². The smallest absolute Gasteiger partial charge is 0.141 e. The standard InChI is InChI=1S/C14H24N4/c1-2-4-12-5-3-9-18(10-7-12)13-6-8-16-14(11-13)17-15/h6,8,11-12H,2-5,7,9-10,15H2,1H3,(H,16,17). The fourth-order valence-corrected chi connectivity index (χ4v) is 2.82. The van der Waals surface area contributed by atoms with Crippen molar-refractivity contribution in [3.8, 4) is 0 Å². The van der Waals surface area contributed by atoms with E-state index in [1.165, 1.54) is 37.8 Å². The first-order valence-electron chi connectivity index (χ1n) is 7.01. The molecule has 4 nitrogen and oxygen atoms in total. The normalized spacial score (nSPS) is 20.6. The molecular weight excluding hydrogens is 224 g/mol. The van der Waals surface area contributed by atoms with Crippen molar-refractivity contribution in [1.29, 1.82) is 0 Å². The molecule has 0 amide bonds. The van der Waals surface area contributed by atoms with E-state index in [0.717, 1.165) is 24.8 Å². The number of nitrogens with two attached hydrogens (primary N) is 1. The minimum Gasteiger partial charge on any atom is -0.371 e. The van der Waals surface area contributed by atoms with Gasteiger partial charge in [0.1, 0.15) is 5.82 Å². The van der Waals surface area contributed by atoms with Crippen molar-refractivity contribution in [2.75, 3.05) is 23.4 Å². The Morgan fingerprint density at radius 2 is 2.33 bits per heavy atom. The first-order chi connectivity index (χ1) is 8.83. The summed E-state index contributed by atoms with van der Waals surface area (Å²) in [6.07, 6.45) is 8.47. The van der Waals surface area contributed by atoms with Crippen LogP contribution < -0.4 is 16.2 Å². The molecule has 1 aliphatic rings. The number of hydrogen-bond donors (Lipinski definition) is 2. The number of pyridine rings is 1. The van der Waals surface area contributed by atoms with Gasteiger partial charge in [-0.2, -0.15) is 0 Å². The lowest BCUT2D eigenvalue weighted by atomic mass is 9.96. The van der Waals surface area contributed by atoms with Crippen LogP contribution in [0.5, 0.6) is 0 Å². The molecule has 3 N–H and O–H groups in total. The van der Waals surface area contributed by atoms with E-state index in [4.69, 9.17) is 5.84 Å². The fourth-order valence-electron chi connectivity index (χ4n) is 2.82. The first-order valence-corrected chi connectivity index (χ1v) is 7.01. The number of hydrazine groups is 1. The summed E-state index contributed by atoms with van der Waals surface area (Å²) in [5.74, 6) is 7.06. The molecule has 2 heterocycles. The highest BCUT2D eigenvalue weighted by Crippen LogP contribution is 2.26. The zero-order chi connectivity index (χ0) is 12.8. The molecule has 1 saturated heterocycles.